The smallest absolute Gasteiger partial charge is 0.221 e. The first kappa shape index (κ1) is 12.7. The van der Waals surface area contributed by atoms with Crippen molar-refractivity contribution in [3.8, 4) is 0 Å². The minimum absolute atomic E-state index is 0.0575. The fourth-order valence-electron chi connectivity index (χ4n) is 1.54. The third-order valence-electron chi connectivity index (χ3n) is 2.47. The number of aromatic nitrogens is 3. The fraction of sp³-hybridized carbons (Fsp3) is 0.364. The Morgan fingerprint density at radius 1 is 1.61 bits per heavy atom. The molecule has 18 heavy (non-hydrogen) atoms. The highest BCUT2D eigenvalue weighted by Gasteiger charge is 2.10. The molecular formula is C11H15N5OS. The summed E-state index contributed by atoms with van der Waals surface area (Å²) in [7, 11) is 0. The van der Waals surface area contributed by atoms with Crippen LogP contribution in [0.1, 0.15) is 30.6 Å². The van der Waals surface area contributed by atoms with E-state index in [9.17, 15) is 4.79 Å². The maximum Gasteiger partial charge on any atom is 0.221 e. The first-order valence-electron chi connectivity index (χ1n) is 5.59. The van der Waals surface area contributed by atoms with E-state index >= 15 is 0 Å². The molecule has 7 heteroatoms. The molecule has 0 spiro atoms. The van der Waals surface area contributed by atoms with Gasteiger partial charge in [0.2, 0.25) is 5.91 Å². The molecule has 2 rings (SSSR count). The molecule has 0 aliphatic rings. The van der Waals surface area contributed by atoms with E-state index in [1.165, 1.54) is 13.3 Å². The summed E-state index contributed by atoms with van der Waals surface area (Å²) in [6.07, 6.45) is 1.49. The van der Waals surface area contributed by atoms with Gasteiger partial charge in [-0.1, -0.05) is 0 Å². The number of hydrogen-bond acceptors (Lipinski definition) is 5. The average Bonchev–Trinajstić information content (AvgIpc) is 2.95. The summed E-state index contributed by atoms with van der Waals surface area (Å²) in [5.41, 5.74) is 0.866. The van der Waals surface area contributed by atoms with Crippen molar-refractivity contribution in [1.29, 1.82) is 0 Å². The number of nitrogens with zero attached hydrogens (tertiary/aromatic N) is 2. The number of rotatable bonds is 5. The molecule has 2 heterocycles. The molecule has 0 radical (unpaired) electrons. The van der Waals surface area contributed by atoms with Gasteiger partial charge in [-0.3, -0.25) is 9.89 Å². The number of anilines is 1. The predicted octanol–water partition coefficient (Wildman–Crippen LogP) is 1.68. The molecule has 1 atom stereocenters. The lowest BCUT2D eigenvalue weighted by molar-refractivity contribution is -0.114. The van der Waals surface area contributed by atoms with E-state index in [0.29, 0.717) is 6.54 Å². The zero-order chi connectivity index (χ0) is 13.0. The van der Waals surface area contributed by atoms with Gasteiger partial charge in [0.15, 0.2) is 0 Å². The first-order chi connectivity index (χ1) is 8.66. The SMILES string of the molecule is CC(=O)Nc1ccsc1CNC(C)c1ncn[nH]1. The first-order valence-corrected chi connectivity index (χ1v) is 6.47. The van der Waals surface area contributed by atoms with E-state index in [1.807, 2.05) is 18.4 Å². The highest BCUT2D eigenvalue weighted by molar-refractivity contribution is 7.10. The summed E-state index contributed by atoms with van der Waals surface area (Å²) in [5.74, 6) is 0.741. The van der Waals surface area contributed by atoms with Crippen LogP contribution in [0.3, 0.4) is 0 Å². The number of thiophene rings is 1. The van der Waals surface area contributed by atoms with Gasteiger partial charge in [-0.15, -0.1) is 11.3 Å². The summed E-state index contributed by atoms with van der Waals surface area (Å²) >= 11 is 1.61. The molecule has 96 valence electrons. The van der Waals surface area contributed by atoms with Crippen LogP contribution in [0.15, 0.2) is 17.8 Å². The molecule has 0 aromatic carbocycles. The Morgan fingerprint density at radius 2 is 2.44 bits per heavy atom. The molecule has 1 unspecified atom stereocenters. The van der Waals surface area contributed by atoms with Crippen molar-refractivity contribution in [3.05, 3.63) is 28.5 Å². The van der Waals surface area contributed by atoms with Gasteiger partial charge in [-0.2, -0.15) is 5.10 Å². The van der Waals surface area contributed by atoms with Crippen molar-refractivity contribution in [3.63, 3.8) is 0 Å². The topological polar surface area (TPSA) is 82.7 Å². The van der Waals surface area contributed by atoms with E-state index in [-0.39, 0.29) is 11.9 Å². The second kappa shape index (κ2) is 5.74. The molecule has 1 amide bonds. The van der Waals surface area contributed by atoms with E-state index in [0.717, 1.165) is 16.4 Å². The largest absolute Gasteiger partial charge is 0.325 e. The van der Waals surface area contributed by atoms with Crippen LogP contribution >= 0.6 is 11.3 Å². The number of nitrogens with one attached hydrogen (secondary N) is 3. The van der Waals surface area contributed by atoms with Crippen LogP contribution in [0.25, 0.3) is 0 Å². The summed E-state index contributed by atoms with van der Waals surface area (Å²) in [6, 6.07) is 1.99. The lowest BCUT2D eigenvalue weighted by Crippen LogP contribution is -2.19. The van der Waals surface area contributed by atoms with Gasteiger partial charge in [0.1, 0.15) is 12.2 Å². The molecule has 2 aromatic rings. The summed E-state index contributed by atoms with van der Waals surface area (Å²) in [5, 5.41) is 14.7. The molecule has 0 saturated carbocycles. The van der Waals surface area contributed by atoms with Crippen molar-refractivity contribution in [1.82, 2.24) is 20.5 Å². The molecule has 0 bridgehead atoms. The Labute approximate surface area is 109 Å². The standard InChI is InChI=1S/C11H15N5OS/c1-7(11-13-6-14-16-11)12-5-10-9(3-4-18-10)15-8(2)17/h3-4,6-7,12H,5H2,1-2H3,(H,15,17)(H,13,14,16). The third-order valence-corrected chi connectivity index (χ3v) is 3.39. The summed E-state index contributed by atoms with van der Waals surface area (Å²) < 4.78 is 0. The van der Waals surface area contributed by atoms with Gasteiger partial charge in [0.25, 0.3) is 0 Å². The zero-order valence-electron chi connectivity index (χ0n) is 10.2. The Bertz CT molecular complexity index is 507. The van der Waals surface area contributed by atoms with Gasteiger partial charge < -0.3 is 10.6 Å². The Hall–Kier alpha value is -1.73. The van der Waals surface area contributed by atoms with Crippen molar-refractivity contribution in [2.45, 2.75) is 26.4 Å². The van der Waals surface area contributed by atoms with E-state index < -0.39 is 0 Å². The number of amides is 1. The zero-order valence-corrected chi connectivity index (χ0v) is 11.0. The van der Waals surface area contributed by atoms with Gasteiger partial charge >= 0.3 is 0 Å². The lowest BCUT2D eigenvalue weighted by atomic mass is 10.3. The van der Waals surface area contributed by atoms with Crippen LogP contribution in [0, 0.1) is 0 Å². The molecule has 0 saturated heterocycles. The quantitative estimate of drug-likeness (QED) is 0.768. The number of aromatic amines is 1. The van der Waals surface area contributed by atoms with Crippen LogP contribution in [-0.4, -0.2) is 21.1 Å². The molecular weight excluding hydrogens is 250 g/mol. The normalized spacial score (nSPS) is 12.3. The van der Waals surface area contributed by atoms with Crippen molar-refractivity contribution in [2.75, 3.05) is 5.32 Å². The van der Waals surface area contributed by atoms with Crippen LogP contribution in [-0.2, 0) is 11.3 Å². The summed E-state index contributed by atoms with van der Waals surface area (Å²) in [6.45, 7) is 4.19. The van der Waals surface area contributed by atoms with Gasteiger partial charge in [-0.05, 0) is 18.4 Å². The molecule has 0 fully saturated rings. The second-order valence-electron chi connectivity index (χ2n) is 3.91. The van der Waals surface area contributed by atoms with Crippen LogP contribution in [0.4, 0.5) is 5.69 Å². The van der Waals surface area contributed by atoms with Gasteiger partial charge in [0.05, 0.1) is 11.7 Å². The maximum absolute atomic E-state index is 11.0. The third kappa shape index (κ3) is 3.14. The number of hydrogen-bond donors (Lipinski definition) is 3. The average molecular weight is 265 g/mol. The van der Waals surface area contributed by atoms with Gasteiger partial charge in [-0.25, -0.2) is 4.98 Å². The number of carbonyl (C=O) groups excluding carboxylic acids is 1. The molecule has 0 aliphatic heterocycles. The molecule has 3 N–H and O–H groups in total. The van der Waals surface area contributed by atoms with Crippen molar-refractivity contribution < 1.29 is 4.79 Å². The van der Waals surface area contributed by atoms with Crippen LogP contribution < -0.4 is 10.6 Å². The fourth-order valence-corrected chi connectivity index (χ4v) is 2.33. The highest BCUT2D eigenvalue weighted by Crippen LogP contribution is 2.22. The predicted molar refractivity (Wildman–Crippen MR) is 70.3 cm³/mol. The second-order valence-corrected chi connectivity index (χ2v) is 4.91. The maximum atomic E-state index is 11.0. The monoisotopic (exact) mass is 265 g/mol. The number of carbonyl (C=O) groups is 1. The number of H-pyrrole nitrogens is 1. The minimum atomic E-state index is -0.0575. The van der Waals surface area contributed by atoms with E-state index in [4.69, 9.17) is 0 Å². The molecule has 2 aromatic heterocycles. The van der Waals surface area contributed by atoms with Crippen LogP contribution in [0.5, 0.6) is 0 Å². The van der Waals surface area contributed by atoms with E-state index in [1.54, 1.807) is 11.3 Å². The van der Waals surface area contributed by atoms with E-state index in [2.05, 4.69) is 25.8 Å². The van der Waals surface area contributed by atoms with Gasteiger partial charge in [0, 0.05) is 18.3 Å². The Kier molecular flexibility index (Phi) is 4.06. The van der Waals surface area contributed by atoms with Crippen molar-refractivity contribution in [2.24, 2.45) is 0 Å². The minimum Gasteiger partial charge on any atom is -0.325 e. The highest BCUT2D eigenvalue weighted by atomic mass is 32.1. The Morgan fingerprint density at radius 3 is 3.11 bits per heavy atom. The summed E-state index contributed by atoms with van der Waals surface area (Å²) in [4.78, 5) is 16.2. The molecule has 6 nitrogen and oxygen atoms in total. The Balaban J connectivity index is 1.94. The van der Waals surface area contributed by atoms with Crippen LogP contribution in [0.2, 0.25) is 0 Å². The van der Waals surface area contributed by atoms with Crippen molar-refractivity contribution >= 4 is 22.9 Å². The lowest BCUT2D eigenvalue weighted by Gasteiger charge is -2.11. The molecule has 0 aliphatic carbocycles.